The summed E-state index contributed by atoms with van der Waals surface area (Å²) in [6.45, 7) is 0.402. The van der Waals surface area contributed by atoms with Crippen molar-refractivity contribution >= 4 is 28.9 Å². The summed E-state index contributed by atoms with van der Waals surface area (Å²) >= 11 is 5.80. The number of halogens is 1. The third-order valence-corrected chi connectivity index (χ3v) is 4.70. The molecule has 2 rings (SSSR count). The van der Waals surface area contributed by atoms with Crippen molar-refractivity contribution in [2.75, 3.05) is 39.6 Å². The SMILES string of the molecule is CN(C)c1ccc([C@@H](CNC(=O)c2ccc(Cl)c([N+](=O)[O-])c2)[NH+](C)C)cc1. The fourth-order valence-electron chi connectivity index (χ4n) is 2.75. The number of nitrogens with zero attached hydrogens (tertiary/aromatic N) is 2. The van der Waals surface area contributed by atoms with Crippen LogP contribution >= 0.6 is 11.6 Å². The van der Waals surface area contributed by atoms with E-state index in [1.807, 2.05) is 57.4 Å². The zero-order chi connectivity index (χ0) is 20.1. The number of hydrogen-bond donors (Lipinski definition) is 2. The Labute approximate surface area is 163 Å². The maximum Gasteiger partial charge on any atom is 0.288 e. The molecule has 0 radical (unpaired) electrons. The standard InChI is InChI=1S/C19H23ClN4O3/c1-22(2)15-8-5-13(6-9-15)18(23(3)4)12-21-19(25)14-7-10-16(20)17(11-14)24(26)27/h5-11,18H,12H2,1-4H3,(H,21,25)/p+1/t18-/m1/s1. The Morgan fingerprint density at radius 3 is 2.37 bits per heavy atom. The molecule has 0 saturated heterocycles. The summed E-state index contributed by atoms with van der Waals surface area (Å²) in [5, 5.41) is 13.9. The van der Waals surface area contributed by atoms with E-state index in [9.17, 15) is 14.9 Å². The summed E-state index contributed by atoms with van der Waals surface area (Å²) < 4.78 is 0. The van der Waals surface area contributed by atoms with Gasteiger partial charge in [0.1, 0.15) is 11.1 Å². The second-order valence-corrected chi connectivity index (χ2v) is 7.16. The van der Waals surface area contributed by atoms with Crippen molar-refractivity contribution in [2.45, 2.75) is 6.04 Å². The third-order valence-electron chi connectivity index (χ3n) is 4.38. The van der Waals surface area contributed by atoms with Crippen LogP contribution in [0.15, 0.2) is 42.5 Å². The minimum Gasteiger partial charge on any atom is -0.378 e. The lowest BCUT2D eigenvalue weighted by atomic mass is 10.0. The Morgan fingerprint density at radius 1 is 1.22 bits per heavy atom. The molecule has 27 heavy (non-hydrogen) atoms. The molecule has 0 aliphatic heterocycles. The van der Waals surface area contributed by atoms with Crippen molar-refractivity contribution in [3.63, 3.8) is 0 Å². The number of hydrogen-bond acceptors (Lipinski definition) is 4. The van der Waals surface area contributed by atoms with Crippen LogP contribution in [-0.2, 0) is 0 Å². The van der Waals surface area contributed by atoms with Gasteiger partial charge >= 0.3 is 0 Å². The topological polar surface area (TPSA) is 79.9 Å². The minimum atomic E-state index is -0.599. The van der Waals surface area contributed by atoms with Crippen molar-refractivity contribution < 1.29 is 14.6 Å². The van der Waals surface area contributed by atoms with E-state index >= 15 is 0 Å². The second kappa shape index (κ2) is 8.83. The molecule has 0 aliphatic rings. The van der Waals surface area contributed by atoms with Crippen LogP contribution < -0.4 is 15.1 Å². The van der Waals surface area contributed by atoms with Gasteiger partial charge < -0.3 is 15.1 Å². The van der Waals surface area contributed by atoms with Crippen molar-refractivity contribution in [2.24, 2.45) is 0 Å². The maximum absolute atomic E-state index is 12.4. The average molecular weight is 392 g/mol. The zero-order valence-electron chi connectivity index (χ0n) is 15.8. The highest BCUT2D eigenvalue weighted by atomic mass is 35.5. The van der Waals surface area contributed by atoms with Gasteiger partial charge in [0.2, 0.25) is 0 Å². The number of rotatable bonds is 7. The number of nitro groups is 1. The monoisotopic (exact) mass is 391 g/mol. The summed E-state index contributed by atoms with van der Waals surface area (Å²) in [5.74, 6) is -0.370. The molecule has 0 unspecified atom stereocenters. The van der Waals surface area contributed by atoms with Crippen molar-refractivity contribution in [3.05, 3.63) is 68.7 Å². The third kappa shape index (κ3) is 5.18. The minimum absolute atomic E-state index is 0.00754. The highest BCUT2D eigenvalue weighted by Gasteiger charge is 2.21. The quantitative estimate of drug-likeness (QED) is 0.558. The molecular formula is C19H24ClN4O3+. The molecule has 0 fully saturated rings. The Morgan fingerprint density at radius 2 is 1.85 bits per heavy atom. The van der Waals surface area contributed by atoms with Gasteiger partial charge in [0.25, 0.3) is 11.6 Å². The molecule has 0 aromatic heterocycles. The Kier molecular flexibility index (Phi) is 6.76. The Bertz CT molecular complexity index is 822. The van der Waals surface area contributed by atoms with Crippen molar-refractivity contribution in [3.8, 4) is 0 Å². The van der Waals surface area contributed by atoms with Gasteiger partial charge in [0.05, 0.1) is 25.6 Å². The predicted molar refractivity (Wildman–Crippen MR) is 107 cm³/mol. The largest absolute Gasteiger partial charge is 0.378 e. The van der Waals surface area contributed by atoms with Gasteiger partial charge in [-0.1, -0.05) is 23.7 Å². The average Bonchev–Trinajstić information content (AvgIpc) is 2.62. The number of carbonyl (C=O) groups is 1. The number of amides is 1. The van der Waals surface area contributed by atoms with Crippen molar-refractivity contribution in [1.82, 2.24) is 5.32 Å². The normalized spacial score (nSPS) is 11.9. The lowest BCUT2D eigenvalue weighted by Crippen LogP contribution is -3.07. The number of likely N-dealkylation sites (N-methyl/N-ethyl adjacent to an activating group) is 1. The van der Waals surface area contributed by atoms with E-state index in [1.54, 1.807) is 0 Å². The summed E-state index contributed by atoms with van der Waals surface area (Å²) in [6.07, 6.45) is 0. The van der Waals surface area contributed by atoms with Gasteiger partial charge in [0.15, 0.2) is 0 Å². The number of nitrogens with one attached hydrogen (secondary N) is 2. The van der Waals surface area contributed by atoms with Gasteiger partial charge in [0, 0.05) is 37.0 Å². The Hall–Kier alpha value is -2.64. The zero-order valence-corrected chi connectivity index (χ0v) is 16.6. The van der Waals surface area contributed by atoms with E-state index in [2.05, 4.69) is 5.32 Å². The lowest BCUT2D eigenvalue weighted by molar-refractivity contribution is -0.890. The van der Waals surface area contributed by atoms with E-state index in [0.29, 0.717) is 6.54 Å². The first-order chi connectivity index (χ1) is 12.7. The van der Waals surface area contributed by atoms with Crippen LogP contribution in [-0.4, -0.2) is 45.6 Å². The molecule has 0 saturated carbocycles. The van der Waals surface area contributed by atoms with Gasteiger partial charge in [-0.2, -0.15) is 0 Å². The van der Waals surface area contributed by atoms with Crippen LogP contribution in [0.1, 0.15) is 22.0 Å². The highest BCUT2D eigenvalue weighted by molar-refractivity contribution is 6.32. The molecule has 144 valence electrons. The smallest absolute Gasteiger partial charge is 0.288 e. The van der Waals surface area contributed by atoms with Crippen LogP contribution in [0.4, 0.5) is 11.4 Å². The fraction of sp³-hybridized carbons (Fsp3) is 0.316. The number of quaternary nitrogens is 1. The molecule has 1 amide bonds. The van der Waals surface area contributed by atoms with Gasteiger partial charge in [-0.3, -0.25) is 14.9 Å². The highest BCUT2D eigenvalue weighted by Crippen LogP contribution is 2.25. The van der Waals surface area contributed by atoms with E-state index in [0.717, 1.165) is 16.2 Å². The summed E-state index contributed by atoms with van der Waals surface area (Å²) in [4.78, 5) is 26.0. The van der Waals surface area contributed by atoms with Crippen LogP contribution in [0.3, 0.4) is 0 Å². The number of anilines is 1. The van der Waals surface area contributed by atoms with Crippen LogP contribution in [0.25, 0.3) is 0 Å². The number of carbonyl (C=O) groups excluding carboxylic acids is 1. The molecule has 0 bridgehead atoms. The molecular weight excluding hydrogens is 368 g/mol. The van der Waals surface area contributed by atoms with Crippen LogP contribution in [0.2, 0.25) is 5.02 Å². The molecule has 0 aliphatic carbocycles. The molecule has 2 aromatic carbocycles. The Balaban J connectivity index is 2.13. The summed E-state index contributed by atoms with van der Waals surface area (Å²) in [5.41, 5.74) is 2.13. The first kappa shape index (κ1) is 20.7. The fourth-order valence-corrected chi connectivity index (χ4v) is 2.94. The van der Waals surface area contributed by atoms with Crippen molar-refractivity contribution in [1.29, 1.82) is 0 Å². The lowest BCUT2D eigenvalue weighted by Gasteiger charge is -2.23. The van der Waals surface area contributed by atoms with Crippen LogP contribution in [0.5, 0.6) is 0 Å². The maximum atomic E-state index is 12.4. The molecule has 2 N–H and O–H groups in total. The molecule has 0 heterocycles. The first-order valence-corrected chi connectivity index (χ1v) is 8.88. The molecule has 2 aromatic rings. The number of benzene rings is 2. The van der Waals surface area contributed by atoms with Crippen LogP contribution in [0, 0.1) is 10.1 Å². The number of nitro benzene ring substituents is 1. The van der Waals surface area contributed by atoms with E-state index in [4.69, 9.17) is 11.6 Å². The van der Waals surface area contributed by atoms with Gasteiger partial charge in [-0.05, 0) is 24.3 Å². The van der Waals surface area contributed by atoms with Gasteiger partial charge in [-0.25, -0.2) is 0 Å². The predicted octanol–water partition coefficient (Wildman–Crippen LogP) is 1.93. The van der Waals surface area contributed by atoms with E-state index < -0.39 is 4.92 Å². The van der Waals surface area contributed by atoms with E-state index in [1.165, 1.54) is 18.2 Å². The second-order valence-electron chi connectivity index (χ2n) is 6.75. The molecule has 7 nitrogen and oxygen atoms in total. The summed E-state index contributed by atoms with van der Waals surface area (Å²) in [6, 6.07) is 12.3. The van der Waals surface area contributed by atoms with Gasteiger partial charge in [-0.15, -0.1) is 0 Å². The first-order valence-electron chi connectivity index (χ1n) is 8.50. The molecule has 8 heteroatoms. The molecule has 1 atom stereocenters. The summed E-state index contributed by atoms with van der Waals surface area (Å²) in [7, 11) is 8.00. The van der Waals surface area contributed by atoms with E-state index in [-0.39, 0.29) is 28.2 Å². The molecule has 0 spiro atoms.